The van der Waals surface area contributed by atoms with Crippen LogP contribution in [0.4, 0.5) is 39.3 Å². The lowest BCUT2D eigenvalue weighted by Gasteiger charge is -2.37. The number of piperidine rings is 1. The van der Waals surface area contributed by atoms with Crippen molar-refractivity contribution in [3.63, 3.8) is 0 Å². The number of nitrogens with zero attached hydrogens (tertiary/aromatic N) is 5. The van der Waals surface area contributed by atoms with Gasteiger partial charge in [-0.3, -0.25) is 29.3 Å². The van der Waals surface area contributed by atoms with E-state index >= 15 is 0 Å². The number of rotatable bonds is 17. The van der Waals surface area contributed by atoms with E-state index in [1.165, 1.54) is 11.1 Å². The van der Waals surface area contributed by atoms with E-state index in [1.54, 1.807) is 43.4 Å². The van der Waals surface area contributed by atoms with Crippen molar-refractivity contribution >= 4 is 81.7 Å². The van der Waals surface area contributed by atoms with Gasteiger partial charge >= 0.3 is 6.03 Å². The predicted octanol–water partition coefficient (Wildman–Crippen LogP) is 4.91. The molecule has 3 fully saturated rings. The van der Waals surface area contributed by atoms with Crippen LogP contribution in [0.5, 0.6) is 0 Å². The van der Waals surface area contributed by atoms with Gasteiger partial charge in [-0.2, -0.15) is 4.98 Å². The number of para-hydroxylation sites is 1. The maximum atomic E-state index is 13.2. The molecule has 4 aromatic rings. The molecule has 7 N–H and O–H groups in total. The Hall–Kier alpha value is -6.83. The summed E-state index contributed by atoms with van der Waals surface area (Å²) in [6, 6.07) is 20.0. The molecule has 3 aliphatic heterocycles. The Labute approximate surface area is 399 Å². The Kier molecular flexibility index (Phi) is 15.6. The summed E-state index contributed by atoms with van der Waals surface area (Å²) < 4.78 is 5.63. The zero-order chi connectivity index (χ0) is 47.6. The summed E-state index contributed by atoms with van der Waals surface area (Å²) in [7, 11) is 1.57. The minimum absolute atomic E-state index is 0.00892. The number of anilines is 6. The molecule has 0 bridgehead atoms. The van der Waals surface area contributed by atoms with Crippen LogP contribution in [0.1, 0.15) is 77.6 Å². The normalized spacial score (nSPS) is 19.2. The maximum absolute atomic E-state index is 13.2. The number of urea groups is 1. The van der Waals surface area contributed by atoms with Crippen LogP contribution in [0.2, 0.25) is 5.02 Å². The molecule has 7 amide bonds. The number of piperazine rings is 1. The third kappa shape index (κ3) is 12.0. The highest BCUT2D eigenvalue weighted by atomic mass is 35.5. The highest BCUT2D eigenvalue weighted by Crippen LogP contribution is 2.31. The first-order valence-corrected chi connectivity index (χ1v) is 23.6. The van der Waals surface area contributed by atoms with Gasteiger partial charge in [-0.25, -0.2) is 9.78 Å². The van der Waals surface area contributed by atoms with Gasteiger partial charge in [-0.05, 0) is 112 Å². The Morgan fingerprint density at radius 1 is 0.868 bits per heavy atom. The number of carbonyl (C=O) groups excluding carboxylic acids is 6. The highest BCUT2D eigenvalue weighted by molar-refractivity contribution is 6.33. The molecule has 19 nitrogen and oxygen atoms in total. The Bertz CT molecular complexity index is 2490. The number of carbonyl (C=O) groups is 6. The number of hydrogen-bond donors (Lipinski definition) is 7. The van der Waals surface area contributed by atoms with Crippen LogP contribution in [0.25, 0.3) is 0 Å². The van der Waals surface area contributed by atoms with E-state index in [1.807, 2.05) is 35.2 Å². The van der Waals surface area contributed by atoms with E-state index in [-0.39, 0.29) is 55.3 Å². The predicted molar refractivity (Wildman–Crippen MR) is 257 cm³/mol. The molecule has 68 heavy (non-hydrogen) atoms. The molecule has 1 unspecified atom stereocenters. The number of fused-ring (bicyclic) bond motifs is 1. The highest BCUT2D eigenvalue weighted by Gasteiger charge is 2.39. The molecule has 1 aliphatic carbocycles. The number of imide groups is 1. The molecule has 20 heteroatoms. The van der Waals surface area contributed by atoms with Gasteiger partial charge in [-0.1, -0.05) is 23.7 Å². The lowest BCUT2D eigenvalue weighted by molar-refractivity contribution is -0.137. The molecule has 0 spiro atoms. The molecule has 4 heterocycles. The number of amides is 7. The monoisotopic (exact) mass is 948 g/mol. The number of ether oxygens (including phenoxy) is 1. The summed E-state index contributed by atoms with van der Waals surface area (Å²) in [5.41, 5.74) is 4.61. The van der Waals surface area contributed by atoms with Crippen LogP contribution in [-0.2, 0) is 25.7 Å². The van der Waals surface area contributed by atoms with Crippen LogP contribution in [0.3, 0.4) is 0 Å². The molecule has 3 aromatic carbocycles. The third-order valence-corrected chi connectivity index (χ3v) is 13.0. The Balaban J connectivity index is 0.670. The number of halogens is 1. The van der Waals surface area contributed by atoms with E-state index < -0.39 is 11.9 Å². The first kappa shape index (κ1) is 47.7. The standard InChI is InChI=1S/C48H57ClN12O7/c1-50-44(64)37-6-2-3-7-39(37)56-43-38(49)27-52-47(58-43)54-32-12-15-35(16-13-32)59-21-23-60(24-22-59)48(67)55-33-10-8-31(9-11-33)51-20-4-5-25-68-29-42(63)53-34-14-17-36-30(26-34)28-61(46(36)66)40-18-19-41(62)57-45(40)65/h2-3,6-7,12-17,26-27,31,33,40,51H,4-5,8-11,18-25,28-29H2,1H3,(H,50,64)(H,53,63)(H,55,67)(H,57,62,65)(H2,52,54,56,58). The molecule has 358 valence electrons. The number of benzene rings is 3. The van der Waals surface area contributed by atoms with Gasteiger partial charge < -0.3 is 51.3 Å². The smallest absolute Gasteiger partial charge is 0.317 e. The summed E-state index contributed by atoms with van der Waals surface area (Å²) >= 11 is 6.40. The number of hydrogen-bond acceptors (Lipinski definition) is 13. The number of nitrogens with one attached hydrogen (secondary N) is 7. The van der Waals surface area contributed by atoms with Gasteiger partial charge in [0, 0.05) is 87.5 Å². The van der Waals surface area contributed by atoms with Crippen LogP contribution in [-0.4, -0.2) is 126 Å². The fourth-order valence-corrected chi connectivity index (χ4v) is 9.12. The SMILES string of the molecule is CNC(=O)c1ccccc1Nc1nc(Nc2ccc(N3CCN(C(=O)NC4CCC(NCCCCOCC(=O)Nc5ccc6c(c5)CN(C5CCC(=O)NC5=O)C6=O)CC4)CC3)cc2)ncc1Cl. The maximum Gasteiger partial charge on any atom is 0.317 e. The van der Waals surface area contributed by atoms with E-state index in [4.69, 9.17) is 16.3 Å². The van der Waals surface area contributed by atoms with E-state index in [9.17, 15) is 28.8 Å². The van der Waals surface area contributed by atoms with Crippen molar-refractivity contribution in [1.29, 1.82) is 0 Å². The minimum atomic E-state index is -0.691. The van der Waals surface area contributed by atoms with Crippen molar-refractivity contribution in [3.05, 3.63) is 94.6 Å². The molecule has 1 aromatic heterocycles. The summed E-state index contributed by atoms with van der Waals surface area (Å²) in [6.07, 6.45) is 7.51. The fraction of sp³-hybridized carbons (Fsp3) is 0.417. The quantitative estimate of drug-likeness (QED) is 0.0552. The molecule has 2 saturated heterocycles. The number of unbranched alkanes of at least 4 members (excludes halogenated alkanes) is 1. The molecule has 0 radical (unpaired) electrons. The summed E-state index contributed by atoms with van der Waals surface area (Å²) in [5.74, 6) is -0.882. The van der Waals surface area contributed by atoms with E-state index in [2.05, 4.69) is 52.1 Å². The number of aromatic nitrogens is 2. The van der Waals surface area contributed by atoms with Crippen LogP contribution >= 0.6 is 11.6 Å². The van der Waals surface area contributed by atoms with Crippen molar-refractivity contribution in [3.8, 4) is 0 Å². The van der Waals surface area contributed by atoms with Gasteiger partial charge in [-0.15, -0.1) is 0 Å². The van der Waals surface area contributed by atoms with Gasteiger partial charge in [0.2, 0.25) is 23.7 Å². The third-order valence-electron chi connectivity index (χ3n) is 12.7. The molecular formula is C48H57ClN12O7. The first-order chi connectivity index (χ1) is 33.0. The van der Waals surface area contributed by atoms with E-state index in [0.29, 0.717) is 77.0 Å². The second-order valence-electron chi connectivity index (χ2n) is 17.3. The van der Waals surface area contributed by atoms with Crippen LogP contribution < -0.4 is 42.1 Å². The Morgan fingerprint density at radius 2 is 1.62 bits per heavy atom. The average molecular weight is 950 g/mol. The fourth-order valence-electron chi connectivity index (χ4n) is 8.98. The zero-order valence-electron chi connectivity index (χ0n) is 37.9. The minimum Gasteiger partial charge on any atom is -0.372 e. The lowest BCUT2D eigenvalue weighted by Crippen LogP contribution is -2.54. The van der Waals surface area contributed by atoms with Crippen LogP contribution in [0.15, 0.2) is 72.9 Å². The largest absolute Gasteiger partial charge is 0.372 e. The molecular weight excluding hydrogens is 892 g/mol. The van der Waals surface area contributed by atoms with Crippen molar-refractivity contribution in [2.75, 3.05) is 73.8 Å². The Morgan fingerprint density at radius 3 is 2.38 bits per heavy atom. The topological polar surface area (TPSA) is 231 Å². The van der Waals surface area contributed by atoms with Crippen LogP contribution in [0, 0.1) is 0 Å². The average Bonchev–Trinajstić information content (AvgIpc) is 3.67. The van der Waals surface area contributed by atoms with Gasteiger partial charge in [0.25, 0.3) is 11.8 Å². The molecule has 8 rings (SSSR count). The lowest BCUT2D eigenvalue weighted by atomic mass is 9.91. The van der Waals surface area contributed by atoms with Crippen molar-refractivity contribution in [2.24, 2.45) is 0 Å². The second kappa shape index (κ2) is 22.3. The van der Waals surface area contributed by atoms with Crippen molar-refractivity contribution < 1.29 is 33.5 Å². The van der Waals surface area contributed by atoms with Crippen molar-refractivity contribution in [1.82, 2.24) is 41.0 Å². The summed E-state index contributed by atoms with van der Waals surface area (Å²) in [5, 5.41) is 21.4. The van der Waals surface area contributed by atoms with Crippen molar-refractivity contribution in [2.45, 2.75) is 76.0 Å². The first-order valence-electron chi connectivity index (χ1n) is 23.2. The molecule has 4 aliphatic rings. The summed E-state index contributed by atoms with van der Waals surface area (Å²) in [4.78, 5) is 89.5. The van der Waals surface area contributed by atoms with Gasteiger partial charge in [0.1, 0.15) is 17.7 Å². The second-order valence-corrected chi connectivity index (χ2v) is 17.7. The molecule has 1 atom stereocenters. The van der Waals surface area contributed by atoms with Gasteiger partial charge in [0.15, 0.2) is 5.82 Å². The van der Waals surface area contributed by atoms with E-state index in [0.717, 1.165) is 69.5 Å². The van der Waals surface area contributed by atoms with Gasteiger partial charge in [0.05, 0.1) is 17.4 Å². The molecule has 1 saturated carbocycles. The zero-order valence-corrected chi connectivity index (χ0v) is 38.7. The summed E-state index contributed by atoms with van der Waals surface area (Å²) in [6.45, 7) is 4.13.